The fourth-order valence-electron chi connectivity index (χ4n) is 2.50. The number of nitro benzene ring substituents is 1. The number of benzene rings is 2. The van der Waals surface area contributed by atoms with Crippen LogP contribution in [0.5, 0.6) is 11.5 Å². The van der Waals surface area contributed by atoms with E-state index in [1.807, 2.05) is 12.1 Å². The molecule has 0 radical (unpaired) electrons. The first-order valence-electron chi connectivity index (χ1n) is 8.51. The Morgan fingerprint density at radius 3 is 2.21 bits per heavy atom. The van der Waals surface area contributed by atoms with Crippen LogP contribution in [-0.2, 0) is 5.41 Å². The van der Waals surface area contributed by atoms with E-state index in [9.17, 15) is 14.9 Å². The maximum Gasteiger partial charge on any atom is 0.311 e. The Labute approximate surface area is 163 Å². The van der Waals surface area contributed by atoms with Gasteiger partial charge in [0.2, 0.25) is 5.75 Å². The van der Waals surface area contributed by atoms with Crippen LogP contribution < -0.4 is 14.9 Å². The highest BCUT2D eigenvalue weighted by Crippen LogP contribution is 2.33. The molecule has 2 aromatic rings. The standard InChI is InChI=1S/C20H23N3O5/c1-20(2,3)15-8-6-13(7-9-15)19(24)22-21-12-14-10-16(23(25)26)18(28-5)11-17(14)27-4/h6-12H,1-5H3,(H,22,24)/b21-12-. The largest absolute Gasteiger partial charge is 0.496 e. The van der Waals surface area contributed by atoms with Gasteiger partial charge >= 0.3 is 5.69 Å². The van der Waals surface area contributed by atoms with Crippen molar-refractivity contribution in [3.05, 3.63) is 63.2 Å². The number of nitrogens with zero attached hydrogens (tertiary/aromatic N) is 2. The van der Waals surface area contributed by atoms with Gasteiger partial charge < -0.3 is 9.47 Å². The molecule has 0 unspecified atom stereocenters. The average molecular weight is 385 g/mol. The summed E-state index contributed by atoms with van der Waals surface area (Å²) in [5.41, 5.74) is 4.07. The maximum absolute atomic E-state index is 12.2. The molecule has 8 nitrogen and oxygen atoms in total. The zero-order valence-corrected chi connectivity index (χ0v) is 16.5. The van der Waals surface area contributed by atoms with Crippen molar-refractivity contribution in [1.82, 2.24) is 5.43 Å². The van der Waals surface area contributed by atoms with Crippen molar-refractivity contribution < 1.29 is 19.2 Å². The van der Waals surface area contributed by atoms with Crippen LogP contribution in [0.25, 0.3) is 0 Å². The van der Waals surface area contributed by atoms with Crippen molar-refractivity contribution in [2.75, 3.05) is 14.2 Å². The monoisotopic (exact) mass is 385 g/mol. The number of amides is 1. The van der Waals surface area contributed by atoms with Gasteiger partial charge in [-0.05, 0) is 23.1 Å². The molecule has 2 rings (SSSR count). The number of carbonyl (C=O) groups is 1. The molecule has 0 atom stereocenters. The second-order valence-electron chi connectivity index (χ2n) is 7.05. The van der Waals surface area contributed by atoms with E-state index in [4.69, 9.17) is 9.47 Å². The van der Waals surface area contributed by atoms with E-state index in [-0.39, 0.29) is 16.9 Å². The van der Waals surface area contributed by atoms with Gasteiger partial charge in [0.25, 0.3) is 5.91 Å². The van der Waals surface area contributed by atoms with Gasteiger partial charge in [0, 0.05) is 23.3 Å². The molecular weight excluding hydrogens is 362 g/mol. The average Bonchev–Trinajstić information content (AvgIpc) is 2.66. The molecule has 1 amide bonds. The fraction of sp³-hybridized carbons (Fsp3) is 0.300. The first kappa shape index (κ1) is 20.9. The van der Waals surface area contributed by atoms with Gasteiger partial charge in [-0.1, -0.05) is 32.9 Å². The molecule has 0 heterocycles. The Balaban J connectivity index is 2.18. The van der Waals surface area contributed by atoms with Crippen LogP contribution in [0.15, 0.2) is 41.5 Å². The van der Waals surface area contributed by atoms with E-state index in [0.717, 1.165) is 5.56 Å². The number of hydrogen-bond donors (Lipinski definition) is 1. The summed E-state index contributed by atoms with van der Waals surface area (Å²) in [6, 6.07) is 9.91. The summed E-state index contributed by atoms with van der Waals surface area (Å²) in [7, 11) is 2.76. The SMILES string of the molecule is COc1cc(OC)c([N+](=O)[O-])cc1/C=N\NC(=O)c1ccc(C(C)(C)C)cc1. The number of carbonyl (C=O) groups excluding carboxylic acids is 1. The number of hydrogen-bond acceptors (Lipinski definition) is 6. The molecule has 0 bridgehead atoms. The van der Waals surface area contributed by atoms with E-state index in [2.05, 4.69) is 31.3 Å². The second-order valence-corrected chi connectivity index (χ2v) is 7.05. The van der Waals surface area contributed by atoms with Crippen LogP contribution in [0.3, 0.4) is 0 Å². The third kappa shape index (κ3) is 4.85. The quantitative estimate of drug-likeness (QED) is 0.464. The lowest BCUT2D eigenvalue weighted by molar-refractivity contribution is -0.385. The van der Waals surface area contributed by atoms with E-state index in [1.54, 1.807) is 12.1 Å². The van der Waals surface area contributed by atoms with Gasteiger partial charge in [-0.25, -0.2) is 5.43 Å². The minimum atomic E-state index is -0.565. The fourth-order valence-corrected chi connectivity index (χ4v) is 2.50. The molecule has 0 aromatic heterocycles. The summed E-state index contributed by atoms with van der Waals surface area (Å²) in [5, 5.41) is 15.1. The van der Waals surface area contributed by atoms with Crippen molar-refractivity contribution in [3.63, 3.8) is 0 Å². The van der Waals surface area contributed by atoms with Crippen molar-refractivity contribution in [2.45, 2.75) is 26.2 Å². The van der Waals surface area contributed by atoms with E-state index in [0.29, 0.717) is 16.9 Å². The van der Waals surface area contributed by atoms with Gasteiger partial charge in [-0.15, -0.1) is 0 Å². The third-order valence-electron chi connectivity index (χ3n) is 4.11. The first-order valence-corrected chi connectivity index (χ1v) is 8.51. The molecule has 0 fully saturated rings. The Morgan fingerprint density at radius 1 is 1.11 bits per heavy atom. The molecule has 0 saturated carbocycles. The Bertz CT molecular complexity index is 899. The number of nitrogens with one attached hydrogen (secondary N) is 1. The zero-order valence-electron chi connectivity index (χ0n) is 16.5. The number of hydrazone groups is 1. The van der Waals surface area contributed by atoms with Crippen LogP contribution in [-0.4, -0.2) is 31.3 Å². The zero-order chi connectivity index (χ0) is 20.9. The lowest BCUT2D eigenvalue weighted by Gasteiger charge is -2.18. The molecule has 28 heavy (non-hydrogen) atoms. The van der Waals surface area contributed by atoms with Gasteiger partial charge in [-0.2, -0.15) is 5.10 Å². The summed E-state index contributed by atoms with van der Waals surface area (Å²) >= 11 is 0. The van der Waals surface area contributed by atoms with Crippen LogP contribution in [0.1, 0.15) is 42.3 Å². The van der Waals surface area contributed by atoms with Crippen molar-refractivity contribution in [2.24, 2.45) is 5.10 Å². The highest BCUT2D eigenvalue weighted by molar-refractivity contribution is 5.95. The topological polar surface area (TPSA) is 103 Å². The molecule has 0 aliphatic rings. The lowest BCUT2D eigenvalue weighted by atomic mass is 9.87. The Morgan fingerprint density at radius 2 is 1.71 bits per heavy atom. The first-order chi connectivity index (χ1) is 13.2. The van der Waals surface area contributed by atoms with Crippen molar-refractivity contribution in [3.8, 4) is 11.5 Å². The smallest absolute Gasteiger partial charge is 0.311 e. The number of ether oxygens (including phenoxy) is 2. The lowest BCUT2D eigenvalue weighted by Crippen LogP contribution is -2.18. The maximum atomic E-state index is 12.2. The predicted octanol–water partition coefficient (Wildman–Crippen LogP) is 3.67. The molecule has 0 aliphatic carbocycles. The summed E-state index contributed by atoms with van der Waals surface area (Å²) in [5.74, 6) is 0.00985. The minimum absolute atomic E-state index is 0.00715. The Kier molecular flexibility index (Phi) is 6.35. The van der Waals surface area contributed by atoms with Gasteiger partial charge in [0.1, 0.15) is 5.75 Å². The van der Waals surface area contributed by atoms with Gasteiger partial charge in [0.05, 0.1) is 25.4 Å². The second kappa shape index (κ2) is 8.51. The van der Waals surface area contributed by atoms with Crippen LogP contribution in [0.4, 0.5) is 5.69 Å². The summed E-state index contributed by atoms with van der Waals surface area (Å²) in [6.45, 7) is 6.27. The van der Waals surface area contributed by atoms with E-state index >= 15 is 0 Å². The molecule has 0 spiro atoms. The van der Waals surface area contributed by atoms with Crippen molar-refractivity contribution in [1.29, 1.82) is 0 Å². The molecule has 1 N–H and O–H groups in total. The summed E-state index contributed by atoms with van der Waals surface area (Å²) < 4.78 is 10.2. The summed E-state index contributed by atoms with van der Waals surface area (Å²) in [6.07, 6.45) is 1.28. The van der Waals surface area contributed by atoms with Crippen LogP contribution >= 0.6 is 0 Å². The third-order valence-corrected chi connectivity index (χ3v) is 4.11. The molecular formula is C20H23N3O5. The summed E-state index contributed by atoms with van der Waals surface area (Å²) in [4.78, 5) is 22.8. The molecule has 2 aromatic carbocycles. The normalized spacial score (nSPS) is 11.3. The van der Waals surface area contributed by atoms with Crippen LogP contribution in [0.2, 0.25) is 0 Å². The highest BCUT2D eigenvalue weighted by atomic mass is 16.6. The van der Waals surface area contributed by atoms with Gasteiger partial charge in [-0.3, -0.25) is 14.9 Å². The molecule has 148 valence electrons. The van der Waals surface area contributed by atoms with E-state index < -0.39 is 10.8 Å². The molecule has 0 saturated heterocycles. The minimum Gasteiger partial charge on any atom is -0.496 e. The number of methoxy groups -OCH3 is 2. The van der Waals surface area contributed by atoms with E-state index in [1.165, 1.54) is 32.6 Å². The number of nitro groups is 1. The highest BCUT2D eigenvalue weighted by Gasteiger charge is 2.19. The van der Waals surface area contributed by atoms with Crippen LogP contribution in [0, 0.1) is 10.1 Å². The Hall–Kier alpha value is -3.42. The number of rotatable bonds is 6. The molecule has 8 heteroatoms. The van der Waals surface area contributed by atoms with Crippen molar-refractivity contribution >= 4 is 17.8 Å². The molecule has 0 aliphatic heterocycles. The van der Waals surface area contributed by atoms with Gasteiger partial charge in [0.15, 0.2) is 0 Å². The predicted molar refractivity (Wildman–Crippen MR) is 106 cm³/mol.